The lowest BCUT2D eigenvalue weighted by Gasteiger charge is -2.53. The Kier molecular flexibility index (Phi) is 1.81. The molecule has 0 saturated heterocycles. The van der Waals surface area contributed by atoms with Gasteiger partial charge in [-0.1, -0.05) is 17.8 Å². The highest BCUT2D eigenvalue weighted by Gasteiger charge is 2.49. The lowest BCUT2D eigenvalue weighted by atomic mass is 9.52. The van der Waals surface area contributed by atoms with Gasteiger partial charge >= 0.3 is 0 Å². The van der Waals surface area contributed by atoms with E-state index < -0.39 is 0 Å². The number of hydrogen-bond donors (Lipinski definition) is 1. The third-order valence-electron chi connectivity index (χ3n) is 3.78. The molecule has 0 amide bonds. The van der Waals surface area contributed by atoms with Gasteiger partial charge in [0.05, 0.1) is 0 Å². The van der Waals surface area contributed by atoms with Crippen molar-refractivity contribution < 1.29 is 0 Å². The quantitative estimate of drug-likeness (QED) is 0.813. The van der Waals surface area contributed by atoms with E-state index in [1.807, 2.05) is 7.05 Å². The van der Waals surface area contributed by atoms with Crippen molar-refractivity contribution in [3.05, 3.63) is 5.01 Å². The molecule has 2 saturated carbocycles. The third kappa shape index (κ3) is 1.16. The molecule has 0 radical (unpaired) electrons. The number of nitrogens with one attached hydrogen (secondary N) is 1. The Morgan fingerprint density at radius 1 is 1.36 bits per heavy atom. The Labute approximate surface area is 87.9 Å². The van der Waals surface area contributed by atoms with Crippen LogP contribution in [0.15, 0.2) is 0 Å². The lowest BCUT2D eigenvalue weighted by molar-refractivity contribution is 0.00874. The second-order valence-electron chi connectivity index (χ2n) is 4.65. The smallest absolute Gasteiger partial charge is 0.205 e. The Hall–Kier alpha value is -0.640. The van der Waals surface area contributed by atoms with Gasteiger partial charge in [0, 0.05) is 13.0 Å². The predicted octanol–water partition coefficient (Wildman–Crippen LogP) is 2.63. The number of nitrogens with zero attached hydrogens (tertiary/aromatic N) is 2. The summed E-state index contributed by atoms with van der Waals surface area (Å²) in [5.74, 6) is 0.717. The largest absolute Gasteiger partial charge is 0.363 e. The molecule has 0 aliphatic heterocycles. The summed E-state index contributed by atoms with van der Waals surface area (Å²) < 4.78 is 0. The second-order valence-corrected chi connectivity index (χ2v) is 5.66. The highest BCUT2D eigenvalue weighted by Crippen LogP contribution is 2.62. The minimum absolute atomic E-state index is 0.717. The van der Waals surface area contributed by atoms with Crippen LogP contribution < -0.4 is 5.32 Å². The van der Waals surface area contributed by atoms with E-state index in [2.05, 4.69) is 15.5 Å². The molecular weight excluding hydrogens is 194 g/mol. The van der Waals surface area contributed by atoms with Crippen molar-refractivity contribution in [3.63, 3.8) is 0 Å². The van der Waals surface area contributed by atoms with Gasteiger partial charge in [-0.15, -0.1) is 10.2 Å². The molecule has 1 spiro atoms. The molecule has 0 aromatic carbocycles. The minimum Gasteiger partial charge on any atom is -0.363 e. The summed E-state index contributed by atoms with van der Waals surface area (Å²) in [5.41, 5.74) is 0.746. The van der Waals surface area contributed by atoms with Gasteiger partial charge in [0.15, 0.2) is 0 Å². The fraction of sp³-hybridized carbons (Fsp3) is 0.800. The van der Waals surface area contributed by atoms with E-state index in [1.165, 1.54) is 37.1 Å². The van der Waals surface area contributed by atoms with E-state index >= 15 is 0 Å². The fourth-order valence-corrected chi connectivity index (χ4v) is 3.54. The molecule has 1 N–H and O–H groups in total. The van der Waals surface area contributed by atoms with Crippen LogP contribution in [0.3, 0.4) is 0 Å². The second kappa shape index (κ2) is 2.92. The average molecular weight is 209 g/mol. The van der Waals surface area contributed by atoms with Gasteiger partial charge in [-0.2, -0.15) is 0 Å². The van der Waals surface area contributed by atoms with Gasteiger partial charge in [-0.25, -0.2) is 0 Å². The van der Waals surface area contributed by atoms with E-state index in [0.29, 0.717) is 0 Å². The highest BCUT2D eigenvalue weighted by molar-refractivity contribution is 7.15. The molecule has 3 nitrogen and oxygen atoms in total. The summed E-state index contributed by atoms with van der Waals surface area (Å²) >= 11 is 1.72. The molecular formula is C10H15N3S. The maximum Gasteiger partial charge on any atom is 0.205 e. The summed E-state index contributed by atoms with van der Waals surface area (Å²) in [7, 11) is 1.90. The SMILES string of the molecule is CNc1nnc(C2CC3(CCC3)C2)s1. The van der Waals surface area contributed by atoms with Crippen LogP contribution in [0, 0.1) is 5.41 Å². The van der Waals surface area contributed by atoms with Crippen molar-refractivity contribution in [3.8, 4) is 0 Å². The summed E-state index contributed by atoms with van der Waals surface area (Å²) in [5, 5.41) is 13.6. The number of hydrogen-bond acceptors (Lipinski definition) is 4. The zero-order valence-corrected chi connectivity index (χ0v) is 9.23. The van der Waals surface area contributed by atoms with Gasteiger partial charge in [-0.3, -0.25) is 0 Å². The first-order valence-corrected chi connectivity index (χ1v) is 6.14. The Bertz CT molecular complexity index is 335. The standard InChI is InChI=1S/C10H15N3S/c1-11-9-13-12-8(14-9)7-5-10(6-7)3-2-4-10/h7H,2-6H2,1H3,(H,11,13). The third-order valence-corrected chi connectivity index (χ3v) is 4.88. The first-order valence-electron chi connectivity index (χ1n) is 5.32. The molecule has 1 heterocycles. The van der Waals surface area contributed by atoms with Crippen LogP contribution in [0.1, 0.15) is 43.0 Å². The molecule has 0 bridgehead atoms. The molecule has 14 heavy (non-hydrogen) atoms. The van der Waals surface area contributed by atoms with Crippen molar-refractivity contribution in [2.45, 2.75) is 38.0 Å². The van der Waals surface area contributed by atoms with Gasteiger partial charge < -0.3 is 5.32 Å². The molecule has 0 atom stereocenters. The Balaban J connectivity index is 1.67. The molecule has 3 rings (SSSR count). The van der Waals surface area contributed by atoms with Gasteiger partial charge in [0.25, 0.3) is 0 Å². The molecule has 1 aromatic heterocycles. The maximum absolute atomic E-state index is 4.24. The first-order chi connectivity index (χ1) is 6.81. The van der Waals surface area contributed by atoms with Gasteiger partial charge in [-0.05, 0) is 31.1 Å². The van der Waals surface area contributed by atoms with Crippen LogP contribution in [0.4, 0.5) is 5.13 Å². The van der Waals surface area contributed by atoms with Crippen molar-refractivity contribution in [2.24, 2.45) is 5.41 Å². The molecule has 2 aliphatic rings. The van der Waals surface area contributed by atoms with Crippen LogP contribution in [0.25, 0.3) is 0 Å². The zero-order valence-electron chi connectivity index (χ0n) is 8.42. The zero-order chi connectivity index (χ0) is 9.60. The predicted molar refractivity (Wildman–Crippen MR) is 57.7 cm³/mol. The number of aromatic nitrogens is 2. The van der Waals surface area contributed by atoms with E-state index in [9.17, 15) is 0 Å². The van der Waals surface area contributed by atoms with Crippen molar-refractivity contribution in [1.82, 2.24) is 10.2 Å². The molecule has 76 valence electrons. The van der Waals surface area contributed by atoms with Crippen LogP contribution in [-0.4, -0.2) is 17.2 Å². The summed E-state index contributed by atoms with van der Waals surface area (Å²) in [6, 6.07) is 0. The minimum atomic E-state index is 0.717. The summed E-state index contributed by atoms with van der Waals surface area (Å²) in [6.45, 7) is 0. The average Bonchev–Trinajstić information content (AvgIpc) is 2.47. The van der Waals surface area contributed by atoms with Crippen LogP contribution in [0.5, 0.6) is 0 Å². The van der Waals surface area contributed by atoms with Crippen molar-refractivity contribution in [1.29, 1.82) is 0 Å². The Morgan fingerprint density at radius 3 is 2.64 bits per heavy atom. The monoisotopic (exact) mass is 209 g/mol. The van der Waals surface area contributed by atoms with Crippen LogP contribution in [-0.2, 0) is 0 Å². The van der Waals surface area contributed by atoms with E-state index in [1.54, 1.807) is 11.3 Å². The van der Waals surface area contributed by atoms with Crippen molar-refractivity contribution >= 4 is 16.5 Å². The normalized spacial score (nSPS) is 24.4. The topological polar surface area (TPSA) is 37.8 Å². The van der Waals surface area contributed by atoms with Crippen LogP contribution >= 0.6 is 11.3 Å². The highest BCUT2D eigenvalue weighted by atomic mass is 32.1. The van der Waals surface area contributed by atoms with Gasteiger partial charge in [0.1, 0.15) is 5.01 Å². The van der Waals surface area contributed by atoms with Crippen LogP contribution in [0.2, 0.25) is 0 Å². The van der Waals surface area contributed by atoms with Gasteiger partial charge in [0.2, 0.25) is 5.13 Å². The molecule has 1 aromatic rings. The van der Waals surface area contributed by atoms with Crippen molar-refractivity contribution in [2.75, 3.05) is 12.4 Å². The molecule has 0 unspecified atom stereocenters. The number of anilines is 1. The maximum atomic E-state index is 4.24. The van der Waals surface area contributed by atoms with E-state index in [-0.39, 0.29) is 0 Å². The van der Waals surface area contributed by atoms with E-state index in [4.69, 9.17) is 0 Å². The lowest BCUT2D eigenvalue weighted by Crippen LogP contribution is -2.41. The summed E-state index contributed by atoms with van der Waals surface area (Å²) in [6.07, 6.45) is 7.10. The molecule has 2 aliphatic carbocycles. The molecule has 2 fully saturated rings. The fourth-order valence-electron chi connectivity index (χ4n) is 2.75. The summed E-state index contributed by atoms with van der Waals surface area (Å²) in [4.78, 5) is 0. The number of rotatable bonds is 2. The van der Waals surface area contributed by atoms with E-state index in [0.717, 1.165) is 16.5 Å². The first kappa shape index (κ1) is 8.65. The Morgan fingerprint density at radius 2 is 2.14 bits per heavy atom. The molecule has 4 heteroatoms.